The maximum atomic E-state index is 4.08. The maximum Gasteiger partial charge on any atom is 0 e. The minimum atomic E-state index is 0. The van der Waals surface area contributed by atoms with E-state index in [2.05, 4.69) is 10.4 Å². The molecule has 0 rings (SSSR count). The van der Waals surface area contributed by atoms with Crippen molar-refractivity contribution in [1.82, 2.24) is 0 Å². The smallest absolute Gasteiger partial charge is 0 e. The van der Waals surface area contributed by atoms with Crippen molar-refractivity contribution in [2.75, 3.05) is 0 Å². The molecule has 0 unspecified atom stereocenters. The van der Waals surface area contributed by atoms with Gasteiger partial charge < -0.3 is 0 Å². The molecule has 0 bridgehead atoms. The first kappa shape index (κ1) is 17.2. The molecule has 0 saturated heterocycles. The van der Waals surface area contributed by atoms with Crippen molar-refractivity contribution in [3.8, 4) is 0 Å². The summed E-state index contributed by atoms with van der Waals surface area (Å²) in [6.07, 6.45) is 0. The van der Waals surface area contributed by atoms with Crippen LogP contribution in [0.15, 0.2) is 0 Å². The predicted octanol–water partition coefficient (Wildman–Crippen LogP) is 0.110. The fourth-order valence-electron chi connectivity index (χ4n) is 0. The van der Waals surface area contributed by atoms with E-state index < -0.39 is 0 Å². The van der Waals surface area contributed by atoms with Crippen molar-refractivity contribution in [2.24, 2.45) is 0 Å². The van der Waals surface area contributed by atoms with Gasteiger partial charge in [-0.1, -0.05) is 0 Å². The number of hydrogen-bond acceptors (Lipinski definition) is 1. The van der Waals surface area contributed by atoms with E-state index >= 15 is 0 Å². The van der Waals surface area contributed by atoms with E-state index in [1.165, 1.54) is 0 Å². The quantitative estimate of drug-likeness (QED) is 0.508. The molecule has 0 aliphatic carbocycles. The first-order valence-electron chi connectivity index (χ1n) is 0.204. The molecule has 4 heteroatoms. The molecule has 0 aliphatic rings. The molecule has 0 aromatic rings. The first-order chi connectivity index (χ1) is 1.00. The summed E-state index contributed by atoms with van der Waals surface area (Å²) in [5, 5.41) is 0. The average molecular weight is 207 g/mol. The van der Waals surface area contributed by atoms with Crippen LogP contribution in [0.3, 0.4) is 0 Å². The molecule has 4 heavy (non-hydrogen) atoms. The molecule has 0 heterocycles. The Morgan fingerprint density at radius 1 is 1.25 bits per heavy atom. The van der Waals surface area contributed by atoms with Gasteiger partial charge in [-0.3, -0.25) is 0 Å². The zero-order valence-corrected chi connectivity index (χ0v) is 9.00. The second-order valence-corrected chi connectivity index (χ2v) is 0. The van der Waals surface area contributed by atoms with Crippen LogP contribution in [-0.2, 0) is 19.5 Å². The minimum Gasteiger partial charge on any atom is 0 e. The van der Waals surface area contributed by atoms with Crippen molar-refractivity contribution in [2.45, 2.75) is 0 Å². The van der Waals surface area contributed by atoms with Crippen LogP contribution in [-0.4, -0.2) is 15.2 Å². The van der Waals surface area contributed by atoms with E-state index in [9.17, 15) is 0 Å². The molecule has 0 saturated carbocycles. The molecule has 22 valence electrons. The van der Waals surface area contributed by atoms with Gasteiger partial charge in [-0.25, -0.2) is 0 Å². The van der Waals surface area contributed by atoms with E-state index in [4.69, 9.17) is 0 Å². The summed E-state index contributed by atoms with van der Waals surface area (Å²) in [4.78, 5) is 0. The molecule has 0 aromatic heterocycles. The summed E-state index contributed by atoms with van der Waals surface area (Å²) in [5.41, 5.74) is 0. The topological polar surface area (TPSA) is 0 Å². The molecule has 0 aromatic carbocycles. The molecular weight excluding hydrogens is 204 g/mol. The Morgan fingerprint density at radius 2 is 1.25 bits per heavy atom. The molecule has 0 fully saturated rings. The summed E-state index contributed by atoms with van der Waals surface area (Å²) in [6, 6.07) is 0. The molecule has 0 aliphatic heterocycles. The van der Waals surface area contributed by atoms with Gasteiger partial charge in [0.1, 0.15) is 0 Å². The van der Waals surface area contributed by atoms with Crippen LogP contribution in [0.4, 0.5) is 0 Å². The predicted molar refractivity (Wildman–Crippen MR) is 25.1 cm³/mol. The third-order valence-corrected chi connectivity index (χ3v) is 0. The first-order valence-corrected chi connectivity index (χ1v) is 3.18. The fourth-order valence-corrected chi connectivity index (χ4v) is 0. The van der Waals surface area contributed by atoms with E-state index in [0.717, 1.165) is 0 Å². The van der Waals surface area contributed by atoms with E-state index in [1.54, 1.807) is 15.2 Å². The zero-order valence-electron chi connectivity index (χ0n) is 2.12. The monoisotopic (exact) mass is 206 g/mol. The largest absolute Gasteiger partial charge is 0 e. The SMILES string of the molecule is S.S=[AsH].[Zn]. The number of rotatable bonds is 0. The fraction of sp³-hybridized carbons (Fsp3) is 0. The molecule has 0 amide bonds. The molecule has 0 spiro atoms. The van der Waals surface area contributed by atoms with Gasteiger partial charge in [0, 0.05) is 19.5 Å². The van der Waals surface area contributed by atoms with Crippen LogP contribution in [0.1, 0.15) is 0 Å². The van der Waals surface area contributed by atoms with Crippen LogP contribution in [0, 0.1) is 0 Å². The molecular formula is H3AsS2Zn. The van der Waals surface area contributed by atoms with Crippen molar-refractivity contribution < 1.29 is 19.5 Å². The second kappa shape index (κ2) is 21.8. The van der Waals surface area contributed by atoms with Gasteiger partial charge in [-0.2, -0.15) is 13.5 Å². The molecule has 0 N–H and O–H groups in total. The van der Waals surface area contributed by atoms with Gasteiger partial charge in [-0.05, 0) is 0 Å². The van der Waals surface area contributed by atoms with Gasteiger partial charge in [0.15, 0.2) is 0 Å². The Bertz CT molecular complexity index is 6.00. The van der Waals surface area contributed by atoms with E-state index in [0.29, 0.717) is 0 Å². The van der Waals surface area contributed by atoms with Crippen LogP contribution in [0.5, 0.6) is 0 Å². The summed E-state index contributed by atoms with van der Waals surface area (Å²) in [6.45, 7) is 0. The minimum absolute atomic E-state index is 0. The van der Waals surface area contributed by atoms with Gasteiger partial charge in [0.05, 0.1) is 0 Å². The second-order valence-electron chi connectivity index (χ2n) is 0. The summed E-state index contributed by atoms with van der Waals surface area (Å²) >= 11 is 1.58. The Balaban J connectivity index is -0.00000000500. The van der Waals surface area contributed by atoms with E-state index in [1.807, 2.05) is 0 Å². The van der Waals surface area contributed by atoms with E-state index in [-0.39, 0.29) is 33.0 Å². The van der Waals surface area contributed by atoms with Crippen molar-refractivity contribution in [3.63, 3.8) is 0 Å². The average Bonchev–Trinajstić information content (AvgIpc) is 1.00. The summed E-state index contributed by atoms with van der Waals surface area (Å²) in [5.74, 6) is 0. The van der Waals surface area contributed by atoms with Crippen LogP contribution in [0.2, 0.25) is 0 Å². The van der Waals surface area contributed by atoms with Gasteiger partial charge in [-0.15, -0.1) is 0 Å². The van der Waals surface area contributed by atoms with Gasteiger partial charge >= 0.3 is 25.6 Å². The Morgan fingerprint density at radius 3 is 1.25 bits per heavy atom. The van der Waals surface area contributed by atoms with Crippen LogP contribution in [0.25, 0.3) is 0 Å². The van der Waals surface area contributed by atoms with Crippen molar-refractivity contribution in [1.29, 1.82) is 0 Å². The Labute approximate surface area is 58.2 Å². The van der Waals surface area contributed by atoms with Crippen LogP contribution >= 0.6 is 23.9 Å². The third-order valence-electron chi connectivity index (χ3n) is 0. The molecule has 0 radical (unpaired) electrons. The standard InChI is InChI=1S/AsHS.H2S.Zn/c1-2;;/h1H;1H2;. The Hall–Kier alpha value is 1.75. The normalized spacial score (nSPS) is 1.00. The zero-order chi connectivity index (χ0) is 2.00. The van der Waals surface area contributed by atoms with Crippen molar-refractivity contribution in [3.05, 3.63) is 0 Å². The summed E-state index contributed by atoms with van der Waals surface area (Å²) < 4.78 is 0. The molecule has 0 atom stereocenters. The Kier molecular flexibility index (Phi) is 93.5. The third kappa shape index (κ3) is 9.26. The van der Waals surface area contributed by atoms with Gasteiger partial charge in [0.2, 0.25) is 0 Å². The van der Waals surface area contributed by atoms with Crippen LogP contribution < -0.4 is 0 Å². The number of hydrogen-bond donors (Lipinski definition) is 0. The maximum absolute atomic E-state index is 4.08. The molecule has 0 nitrogen and oxygen atoms in total. The summed E-state index contributed by atoms with van der Waals surface area (Å²) in [7, 11) is 4.08. The van der Waals surface area contributed by atoms with Crippen molar-refractivity contribution >= 4 is 39.1 Å². The van der Waals surface area contributed by atoms with Gasteiger partial charge in [0.25, 0.3) is 0 Å².